The molecule has 0 aliphatic rings. The van der Waals surface area contributed by atoms with Crippen LogP contribution in [-0.4, -0.2) is 37.5 Å². The molecule has 142 valence electrons. The Labute approximate surface area is 158 Å². The largest absolute Gasteiger partial charge is 0.452 e. The fourth-order valence-electron chi connectivity index (χ4n) is 2.17. The Balaban J connectivity index is 2.08. The molecule has 0 spiro atoms. The molecule has 8 nitrogen and oxygen atoms in total. The Morgan fingerprint density at radius 3 is 2.56 bits per heavy atom. The maximum absolute atomic E-state index is 13.1. The minimum absolute atomic E-state index is 0.0492. The highest BCUT2D eigenvalue weighted by molar-refractivity contribution is 6.31. The van der Waals surface area contributed by atoms with Crippen LogP contribution in [0.2, 0.25) is 5.02 Å². The molecule has 1 amide bonds. The number of amides is 1. The number of halogens is 2. The van der Waals surface area contributed by atoms with Gasteiger partial charge in [-0.15, -0.1) is 0 Å². The summed E-state index contributed by atoms with van der Waals surface area (Å²) in [7, 11) is 3.31. The van der Waals surface area contributed by atoms with Crippen molar-refractivity contribution >= 4 is 40.5 Å². The number of nitrogens with one attached hydrogen (secondary N) is 1. The van der Waals surface area contributed by atoms with Gasteiger partial charge in [-0.25, -0.2) is 9.18 Å². The van der Waals surface area contributed by atoms with E-state index in [2.05, 4.69) is 5.32 Å². The number of carbonyl (C=O) groups excluding carboxylic acids is 2. The third-order valence-corrected chi connectivity index (χ3v) is 3.72. The first-order valence-electron chi connectivity index (χ1n) is 7.57. The van der Waals surface area contributed by atoms with E-state index in [0.717, 1.165) is 12.1 Å². The highest BCUT2D eigenvalue weighted by Crippen LogP contribution is 2.25. The lowest BCUT2D eigenvalue weighted by Gasteiger charge is -2.16. The Bertz CT molecular complexity index is 904. The number of anilines is 2. The molecule has 0 aliphatic carbocycles. The van der Waals surface area contributed by atoms with Crippen molar-refractivity contribution < 1.29 is 23.6 Å². The lowest BCUT2D eigenvalue weighted by molar-refractivity contribution is -0.384. The Kier molecular flexibility index (Phi) is 6.30. The molecule has 10 heteroatoms. The molecule has 0 aliphatic heterocycles. The van der Waals surface area contributed by atoms with Crippen molar-refractivity contribution in [3.8, 4) is 0 Å². The normalized spacial score (nSPS) is 10.2. The second kappa shape index (κ2) is 8.45. The summed E-state index contributed by atoms with van der Waals surface area (Å²) in [6.07, 6.45) is 0. The minimum Gasteiger partial charge on any atom is -0.452 e. The van der Waals surface area contributed by atoms with Crippen LogP contribution < -0.4 is 10.2 Å². The van der Waals surface area contributed by atoms with Gasteiger partial charge in [0, 0.05) is 31.9 Å². The highest BCUT2D eigenvalue weighted by atomic mass is 35.5. The molecule has 0 bridgehead atoms. The van der Waals surface area contributed by atoms with Crippen molar-refractivity contribution in [2.75, 3.05) is 30.9 Å². The first-order chi connectivity index (χ1) is 12.7. The molecule has 0 saturated heterocycles. The fraction of sp³-hybridized carbons (Fsp3) is 0.176. The molecule has 2 rings (SSSR count). The van der Waals surface area contributed by atoms with Crippen LogP contribution in [0.1, 0.15) is 10.4 Å². The van der Waals surface area contributed by atoms with E-state index in [0.29, 0.717) is 5.69 Å². The van der Waals surface area contributed by atoms with Gasteiger partial charge in [-0.05, 0) is 24.3 Å². The van der Waals surface area contributed by atoms with E-state index < -0.39 is 29.2 Å². The van der Waals surface area contributed by atoms with Crippen LogP contribution in [-0.2, 0) is 9.53 Å². The molecule has 0 aromatic heterocycles. The number of hydrogen-bond acceptors (Lipinski definition) is 6. The van der Waals surface area contributed by atoms with Gasteiger partial charge in [-0.3, -0.25) is 14.9 Å². The SMILES string of the molecule is CN(C)c1ccc([N+](=O)[O-])cc1C(=O)OCC(=O)Nc1ccc(F)c(Cl)c1. The van der Waals surface area contributed by atoms with Crippen LogP contribution in [0.3, 0.4) is 0 Å². The maximum Gasteiger partial charge on any atom is 0.341 e. The van der Waals surface area contributed by atoms with Gasteiger partial charge < -0.3 is 15.0 Å². The van der Waals surface area contributed by atoms with E-state index in [4.69, 9.17) is 16.3 Å². The van der Waals surface area contributed by atoms with Crippen LogP contribution >= 0.6 is 11.6 Å². The van der Waals surface area contributed by atoms with Crippen LogP contribution in [0, 0.1) is 15.9 Å². The van der Waals surface area contributed by atoms with E-state index in [1.54, 1.807) is 19.0 Å². The third kappa shape index (κ3) is 5.14. The standard InChI is InChI=1S/C17H15ClFN3O5/c1-21(2)15-6-4-11(22(25)26)8-12(15)17(24)27-9-16(23)20-10-3-5-14(19)13(18)7-10/h3-8H,9H2,1-2H3,(H,20,23). The van der Waals surface area contributed by atoms with Crippen molar-refractivity contribution in [2.24, 2.45) is 0 Å². The number of nitro groups is 1. The molecule has 0 heterocycles. The van der Waals surface area contributed by atoms with Gasteiger partial charge in [-0.2, -0.15) is 0 Å². The number of carbonyl (C=O) groups is 2. The summed E-state index contributed by atoms with van der Waals surface area (Å²) >= 11 is 5.62. The van der Waals surface area contributed by atoms with Crippen molar-refractivity contribution in [1.29, 1.82) is 0 Å². The van der Waals surface area contributed by atoms with Crippen LogP contribution in [0.15, 0.2) is 36.4 Å². The number of nitrogens with zero attached hydrogens (tertiary/aromatic N) is 2. The van der Waals surface area contributed by atoms with Gasteiger partial charge in [0.1, 0.15) is 5.82 Å². The average molecular weight is 396 g/mol. The zero-order chi connectivity index (χ0) is 20.1. The smallest absolute Gasteiger partial charge is 0.341 e. The molecule has 0 saturated carbocycles. The van der Waals surface area contributed by atoms with Crippen molar-refractivity contribution in [1.82, 2.24) is 0 Å². The predicted octanol–water partition coefficient (Wildman–Crippen LogP) is 3.25. The van der Waals surface area contributed by atoms with Crippen LogP contribution in [0.25, 0.3) is 0 Å². The van der Waals surface area contributed by atoms with Crippen LogP contribution in [0.4, 0.5) is 21.5 Å². The summed E-state index contributed by atoms with van der Waals surface area (Å²) < 4.78 is 18.0. The Morgan fingerprint density at radius 1 is 1.26 bits per heavy atom. The first-order valence-corrected chi connectivity index (χ1v) is 7.94. The molecule has 0 unspecified atom stereocenters. The average Bonchev–Trinajstić information content (AvgIpc) is 2.62. The van der Waals surface area contributed by atoms with Crippen LogP contribution in [0.5, 0.6) is 0 Å². The fourth-order valence-corrected chi connectivity index (χ4v) is 2.35. The summed E-state index contributed by atoms with van der Waals surface area (Å²) in [4.78, 5) is 36.0. The minimum atomic E-state index is -0.894. The molecule has 1 N–H and O–H groups in total. The van der Waals surface area contributed by atoms with Gasteiger partial charge in [0.15, 0.2) is 6.61 Å². The zero-order valence-electron chi connectivity index (χ0n) is 14.4. The van der Waals surface area contributed by atoms with Gasteiger partial charge in [-0.1, -0.05) is 11.6 Å². The van der Waals surface area contributed by atoms with E-state index >= 15 is 0 Å². The summed E-state index contributed by atoms with van der Waals surface area (Å²) in [6, 6.07) is 7.34. The second-order valence-electron chi connectivity index (χ2n) is 5.61. The molecule has 0 atom stereocenters. The monoisotopic (exact) mass is 395 g/mol. The topological polar surface area (TPSA) is 102 Å². The predicted molar refractivity (Wildman–Crippen MR) is 97.7 cm³/mol. The number of esters is 1. The van der Waals surface area contributed by atoms with Gasteiger partial charge in [0.25, 0.3) is 11.6 Å². The number of nitro benzene ring substituents is 1. The summed E-state index contributed by atoms with van der Waals surface area (Å²) in [5, 5.41) is 13.1. The molecule has 27 heavy (non-hydrogen) atoms. The molecule has 0 radical (unpaired) electrons. The van der Waals surface area contributed by atoms with Crippen molar-refractivity contribution in [3.05, 3.63) is 62.9 Å². The molecule has 2 aromatic carbocycles. The molecular formula is C17H15ClFN3O5. The van der Waals surface area contributed by atoms with E-state index in [9.17, 15) is 24.1 Å². The molecule has 0 fully saturated rings. The maximum atomic E-state index is 13.1. The third-order valence-electron chi connectivity index (χ3n) is 3.43. The lowest BCUT2D eigenvalue weighted by atomic mass is 10.1. The Morgan fingerprint density at radius 2 is 1.96 bits per heavy atom. The highest BCUT2D eigenvalue weighted by Gasteiger charge is 2.20. The quantitative estimate of drug-likeness (QED) is 0.457. The number of rotatable bonds is 6. The zero-order valence-corrected chi connectivity index (χ0v) is 15.1. The van der Waals surface area contributed by atoms with Gasteiger partial charge >= 0.3 is 5.97 Å². The molecule has 2 aromatic rings. The van der Waals surface area contributed by atoms with E-state index in [1.165, 1.54) is 24.3 Å². The molecular weight excluding hydrogens is 381 g/mol. The first kappa shape index (κ1) is 20.1. The summed E-state index contributed by atoms with van der Waals surface area (Å²) in [5.41, 5.74) is 0.299. The number of benzene rings is 2. The van der Waals surface area contributed by atoms with Crippen molar-refractivity contribution in [3.63, 3.8) is 0 Å². The Hall–Kier alpha value is -3.20. The number of hydrogen-bond donors (Lipinski definition) is 1. The lowest BCUT2D eigenvalue weighted by Crippen LogP contribution is -2.22. The van der Waals surface area contributed by atoms with E-state index in [1.807, 2.05) is 0 Å². The van der Waals surface area contributed by atoms with Gasteiger partial charge in [0.05, 0.1) is 21.2 Å². The van der Waals surface area contributed by atoms with Gasteiger partial charge in [0.2, 0.25) is 0 Å². The number of ether oxygens (including phenoxy) is 1. The second-order valence-corrected chi connectivity index (χ2v) is 6.01. The van der Waals surface area contributed by atoms with E-state index in [-0.39, 0.29) is 22.0 Å². The van der Waals surface area contributed by atoms with Crippen molar-refractivity contribution in [2.45, 2.75) is 0 Å². The summed E-state index contributed by atoms with van der Waals surface area (Å²) in [6.45, 7) is -0.636. The summed E-state index contributed by atoms with van der Waals surface area (Å²) in [5.74, 6) is -2.21. The number of non-ortho nitro benzene ring substituents is 1.